The minimum Gasteiger partial charge on any atom is -0.368 e. The number of rotatable bonds is 1. The van der Waals surface area contributed by atoms with Crippen LogP contribution in [0.4, 0.5) is 5.95 Å². The van der Waals surface area contributed by atoms with Gasteiger partial charge in [-0.25, -0.2) is 4.68 Å². The third-order valence-electron chi connectivity index (χ3n) is 2.23. The molecule has 2 N–H and O–H groups in total. The van der Waals surface area contributed by atoms with E-state index in [0.717, 1.165) is 11.1 Å². The third-order valence-corrected chi connectivity index (χ3v) is 2.73. The number of aryl methyl sites for hydroxylation is 2. The van der Waals surface area contributed by atoms with Crippen LogP contribution in [-0.2, 0) is 7.05 Å². The van der Waals surface area contributed by atoms with Gasteiger partial charge in [0.1, 0.15) is 0 Å². The Kier molecular flexibility index (Phi) is 2.36. The molecule has 5 heteroatoms. The highest BCUT2D eigenvalue weighted by molar-refractivity contribution is 6.33. The van der Waals surface area contributed by atoms with E-state index in [-0.39, 0.29) is 0 Å². The molecule has 0 bridgehead atoms. The summed E-state index contributed by atoms with van der Waals surface area (Å²) in [6, 6.07) is 5.74. The Bertz CT molecular complexity index is 485. The minimum atomic E-state index is 0.377. The van der Waals surface area contributed by atoms with Gasteiger partial charge in [0, 0.05) is 12.6 Å². The summed E-state index contributed by atoms with van der Waals surface area (Å²) in [6.07, 6.45) is 0. The first kappa shape index (κ1) is 9.98. The first-order valence-electron chi connectivity index (χ1n) is 4.51. The Morgan fingerprint density at radius 3 is 2.73 bits per heavy atom. The Hall–Kier alpha value is -1.55. The first-order valence-corrected chi connectivity index (χ1v) is 4.89. The van der Waals surface area contributed by atoms with Gasteiger partial charge < -0.3 is 5.73 Å². The number of anilines is 1. The van der Waals surface area contributed by atoms with Crippen LogP contribution < -0.4 is 5.73 Å². The molecule has 0 atom stereocenters. The molecule has 0 spiro atoms. The van der Waals surface area contributed by atoms with Crippen molar-refractivity contribution in [1.82, 2.24) is 14.8 Å². The molecule has 1 heterocycles. The van der Waals surface area contributed by atoms with Crippen molar-refractivity contribution in [3.05, 3.63) is 28.8 Å². The number of nitrogen functional groups attached to an aromatic ring is 1. The molecular formula is C10H11ClN4. The molecule has 0 unspecified atom stereocenters. The average Bonchev–Trinajstić information content (AvgIpc) is 2.51. The van der Waals surface area contributed by atoms with Gasteiger partial charge in [-0.15, -0.1) is 5.10 Å². The molecule has 4 nitrogen and oxygen atoms in total. The summed E-state index contributed by atoms with van der Waals surface area (Å²) in [5, 5.41) is 4.85. The SMILES string of the molecule is Cc1cccc(-c2nc(N)n(C)n2)c1Cl. The van der Waals surface area contributed by atoms with E-state index in [9.17, 15) is 0 Å². The number of hydrogen-bond donors (Lipinski definition) is 1. The second kappa shape index (κ2) is 3.55. The van der Waals surface area contributed by atoms with Crippen molar-refractivity contribution in [2.75, 3.05) is 5.73 Å². The van der Waals surface area contributed by atoms with Crippen LogP contribution in [0, 0.1) is 6.92 Å². The monoisotopic (exact) mass is 222 g/mol. The van der Waals surface area contributed by atoms with Crippen molar-refractivity contribution in [3.63, 3.8) is 0 Å². The fourth-order valence-corrected chi connectivity index (χ4v) is 1.54. The van der Waals surface area contributed by atoms with Crippen molar-refractivity contribution in [2.45, 2.75) is 6.92 Å². The molecule has 0 radical (unpaired) electrons. The molecule has 78 valence electrons. The van der Waals surface area contributed by atoms with Crippen LogP contribution in [-0.4, -0.2) is 14.8 Å². The van der Waals surface area contributed by atoms with E-state index in [4.69, 9.17) is 17.3 Å². The van der Waals surface area contributed by atoms with Gasteiger partial charge >= 0.3 is 0 Å². The summed E-state index contributed by atoms with van der Waals surface area (Å²) >= 11 is 6.16. The smallest absolute Gasteiger partial charge is 0.218 e. The molecule has 0 aliphatic rings. The Morgan fingerprint density at radius 1 is 1.40 bits per heavy atom. The zero-order chi connectivity index (χ0) is 11.0. The number of hydrogen-bond acceptors (Lipinski definition) is 3. The maximum absolute atomic E-state index is 6.16. The van der Waals surface area contributed by atoms with E-state index in [2.05, 4.69) is 10.1 Å². The van der Waals surface area contributed by atoms with Crippen molar-refractivity contribution in [1.29, 1.82) is 0 Å². The number of nitrogens with zero attached hydrogens (tertiary/aromatic N) is 3. The molecule has 0 saturated carbocycles. The fraction of sp³-hybridized carbons (Fsp3) is 0.200. The molecule has 0 saturated heterocycles. The topological polar surface area (TPSA) is 56.7 Å². The van der Waals surface area contributed by atoms with Crippen LogP contribution in [0.25, 0.3) is 11.4 Å². The van der Waals surface area contributed by atoms with Crippen molar-refractivity contribution >= 4 is 17.5 Å². The predicted octanol–water partition coefficient (Wildman–Crippen LogP) is 2.03. The first-order chi connectivity index (χ1) is 7.09. The Labute approximate surface area is 92.7 Å². The second-order valence-corrected chi connectivity index (χ2v) is 3.73. The predicted molar refractivity (Wildman–Crippen MR) is 60.6 cm³/mol. The summed E-state index contributed by atoms with van der Waals surface area (Å²) in [7, 11) is 1.75. The van der Waals surface area contributed by atoms with Crippen LogP contribution >= 0.6 is 11.6 Å². The zero-order valence-electron chi connectivity index (χ0n) is 8.53. The molecule has 0 amide bonds. The van der Waals surface area contributed by atoms with Gasteiger partial charge in [-0.05, 0) is 18.6 Å². The van der Waals surface area contributed by atoms with E-state index in [1.54, 1.807) is 7.05 Å². The molecule has 1 aromatic heterocycles. The van der Waals surface area contributed by atoms with Gasteiger partial charge in [-0.1, -0.05) is 23.7 Å². The molecule has 0 aliphatic heterocycles. The van der Waals surface area contributed by atoms with E-state index < -0.39 is 0 Å². The normalized spacial score (nSPS) is 10.6. The highest BCUT2D eigenvalue weighted by Gasteiger charge is 2.11. The molecule has 1 aromatic carbocycles. The van der Waals surface area contributed by atoms with Crippen LogP contribution in [0.15, 0.2) is 18.2 Å². The van der Waals surface area contributed by atoms with Crippen LogP contribution in [0.1, 0.15) is 5.56 Å². The fourth-order valence-electron chi connectivity index (χ4n) is 1.33. The van der Waals surface area contributed by atoms with Gasteiger partial charge in [-0.2, -0.15) is 4.98 Å². The zero-order valence-corrected chi connectivity index (χ0v) is 9.28. The molecule has 2 rings (SSSR count). The lowest BCUT2D eigenvalue weighted by atomic mass is 10.1. The number of aromatic nitrogens is 3. The molecule has 0 fully saturated rings. The van der Waals surface area contributed by atoms with Crippen molar-refractivity contribution < 1.29 is 0 Å². The van der Waals surface area contributed by atoms with E-state index in [0.29, 0.717) is 16.8 Å². The summed E-state index contributed by atoms with van der Waals surface area (Å²) in [5.41, 5.74) is 7.42. The molecular weight excluding hydrogens is 212 g/mol. The Morgan fingerprint density at radius 2 is 2.13 bits per heavy atom. The maximum Gasteiger partial charge on any atom is 0.218 e. The summed E-state index contributed by atoms with van der Waals surface area (Å²) in [6.45, 7) is 1.94. The number of halogens is 1. The van der Waals surface area contributed by atoms with Crippen LogP contribution in [0.5, 0.6) is 0 Å². The number of nitrogens with two attached hydrogens (primary N) is 1. The van der Waals surface area contributed by atoms with E-state index >= 15 is 0 Å². The van der Waals surface area contributed by atoms with Gasteiger partial charge in [0.15, 0.2) is 5.82 Å². The van der Waals surface area contributed by atoms with Gasteiger partial charge in [0.2, 0.25) is 5.95 Å². The lowest BCUT2D eigenvalue weighted by molar-refractivity contribution is 0.781. The second-order valence-electron chi connectivity index (χ2n) is 3.35. The van der Waals surface area contributed by atoms with Gasteiger partial charge in [0.25, 0.3) is 0 Å². The van der Waals surface area contributed by atoms with E-state index in [1.165, 1.54) is 4.68 Å². The highest BCUT2D eigenvalue weighted by atomic mass is 35.5. The maximum atomic E-state index is 6.16. The summed E-state index contributed by atoms with van der Waals surface area (Å²) in [4.78, 5) is 4.13. The van der Waals surface area contributed by atoms with Crippen LogP contribution in [0.3, 0.4) is 0 Å². The lowest BCUT2D eigenvalue weighted by Gasteiger charge is -2.01. The summed E-state index contributed by atoms with van der Waals surface area (Å²) in [5.74, 6) is 0.936. The van der Waals surface area contributed by atoms with Gasteiger partial charge in [-0.3, -0.25) is 0 Å². The molecule has 15 heavy (non-hydrogen) atoms. The quantitative estimate of drug-likeness (QED) is 0.803. The average molecular weight is 223 g/mol. The van der Waals surface area contributed by atoms with Gasteiger partial charge in [0.05, 0.1) is 5.02 Å². The summed E-state index contributed by atoms with van der Waals surface area (Å²) < 4.78 is 1.52. The largest absolute Gasteiger partial charge is 0.368 e. The number of benzene rings is 1. The molecule has 2 aromatic rings. The highest BCUT2D eigenvalue weighted by Crippen LogP contribution is 2.28. The third kappa shape index (κ3) is 1.68. The van der Waals surface area contributed by atoms with Crippen molar-refractivity contribution in [2.24, 2.45) is 7.05 Å². The lowest BCUT2D eigenvalue weighted by Crippen LogP contribution is -1.97. The van der Waals surface area contributed by atoms with E-state index in [1.807, 2.05) is 25.1 Å². The Balaban J connectivity index is 2.59. The van der Waals surface area contributed by atoms with Crippen molar-refractivity contribution in [3.8, 4) is 11.4 Å². The minimum absolute atomic E-state index is 0.377. The standard InChI is InChI=1S/C10H11ClN4/c1-6-4-3-5-7(8(6)11)9-13-10(12)15(2)14-9/h3-5H,1-2H3,(H2,12,13,14). The van der Waals surface area contributed by atoms with Crippen LogP contribution in [0.2, 0.25) is 5.02 Å². The molecule has 0 aliphatic carbocycles.